The third-order valence-corrected chi connectivity index (χ3v) is 4.20. The Hall–Kier alpha value is -1.27. The van der Waals surface area contributed by atoms with Gasteiger partial charge in [0.05, 0.1) is 19.8 Å². The fourth-order valence-electron chi connectivity index (χ4n) is 2.21. The standard InChI is InChI=1S/C14H23NO4S/c1-15-11(7-6-10-20(4,16)17)14-12(18-2)8-5-9-13(14)19-3/h5,8-9,11,15H,6-7,10H2,1-4H3. The Labute approximate surface area is 121 Å². The number of benzene rings is 1. The largest absolute Gasteiger partial charge is 0.496 e. The molecule has 1 unspecified atom stereocenters. The van der Waals surface area contributed by atoms with Crippen molar-refractivity contribution < 1.29 is 17.9 Å². The van der Waals surface area contributed by atoms with Crippen molar-refractivity contribution in [3.05, 3.63) is 23.8 Å². The van der Waals surface area contributed by atoms with Crippen LogP contribution in [0, 0.1) is 0 Å². The summed E-state index contributed by atoms with van der Waals surface area (Å²) in [6.07, 6.45) is 2.54. The normalized spacial score (nSPS) is 13.0. The molecule has 0 aromatic heterocycles. The summed E-state index contributed by atoms with van der Waals surface area (Å²) in [7, 11) is 2.14. The first-order chi connectivity index (χ1) is 9.42. The smallest absolute Gasteiger partial charge is 0.147 e. The van der Waals surface area contributed by atoms with Crippen LogP contribution in [0.4, 0.5) is 0 Å². The minimum Gasteiger partial charge on any atom is -0.496 e. The third kappa shape index (κ3) is 4.68. The van der Waals surface area contributed by atoms with Crippen LogP contribution in [-0.4, -0.2) is 41.7 Å². The van der Waals surface area contributed by atoms with E-state index >= 15 is 0 Å². The van der Waals surface area contributed by atoms with Crippen molar-refractivity contribution in [1.29, 1.82) is 0 Å². The van der Waals surface area contributed by atoms with Gasteiger partial charge >= 0.3 is 0 Å². The monoisotopic (exact) mass is 301 g/mol. The summed E-state index contributed by atoms with van der Waals surface area (Å²) < 4.78 is 33.2. The Morgan fingerprint density at radius 3 is 2.15 bits per heavy atom. The topological polar surface area (TPSA) is 64.6 Å². The van der Waals surface area contributed by atoms with E-state index in [0.717, 1.165) is 17.1 Å². The van der Waals surface area contributed by atoms with E-state index in [0.29, 0.717) is 12.8 Å². The van der Waals surface area contributed by atoms with Crippen LogP contribution in [0.1, 0.15) is 24.4 Å². The van der Waals surface area contributed by atoms with Gasteiger partial charge in [0.2, 0.25) is 0 Å². The molecule has 6 heteroatoms. The maximum absolute atomic E-state index is 11.2. The van der Waals surface area contributed by atoms with Crippen molar-refractivity contribution in [1.82, 2.24) is 5.32 Å². The van der Waals surface area contributed by atoms with Gasteiger partial charge in [-0.05, 0) is 32.0 Å². The van der Waals surface area contributed by atoms with Crippen LogP contribution in [0.5, 0.6) is 11.5 Å². The number of methoxy groups -OCH3 is 2. The molecular formula is C14H23NO4S. The van der Waals surface area contributed by atoms with Crippen LogP contribution in [0.2, 0.25) is 0 Å². The van der Waals surface area contributed by atoms with Crippen LogP contribution in [-0.2, 0) is 9.84 Å². The molecule has 0 saturated carbocycles. The Balaban J connectivity index is 2.94. The number of hydrogen-bond donors (Lipinski definition) is 1. The van der Waals surface area contributed by atoms with Crippen LogP contribution in [0.15, 0.2) is 18.2 Å². The maximum atomic E-state index is 11.2. The van der Waals surface area contributed by atoms with Crippen molar-refractivity contribution in [2.75, 3.05) is 33.3 Å². The van der Waals surface area contributed by atoms with Crippen LogP contribution >= 0.6 is 0 Å². The van der Waals surface area contributed by atoms with E-state index in [1.807, 2.05) is 25.2 Å². The minimum atomic E-state index is -2.93. The van der Waals surface area contributed by atoms with Crippen molar-refractivity contribution in [3.63, 3.8) is 0 Å². The minimum absolute atomic E-state index is 0.0113. The fraction of sp³-hybridized carbons (Fsp3) is 0.571. The summed E-state index contributed by atoms with van der Waals surface area (Å²) in [6.45, 7) is 0. The van der Waals surface area contributed by atoms with E-state index in [9.17, 15) is 8.42 Å². The Kier molecular flexibility index (Phi) is 6.29. The molecule has 0 spiro atoms. The molecule has 20 heavy (non-hydrogen) atoms. The van der Waals surface area contributed by atoms with Gasteiger partial charge in [-0.25, -0.2) is 8.42 Å². The van der Waals surface area contributed by atoms with Crippen LogP contribution < -0.4 is 14.8 Å². The van der Waals surface area contributed by atoms with Gasteiger partial charge < -0.3 is 14.8 Å². The summed E-state index contributed by atoms with van der Waals surface area (Å²) in [5, 5.41) is 3.20. The number of hydrogen-bond acceptors (Lipinski definition) is 5. The predicted molar refractivity (Wildman–Crippen MR) is 80.3 cm³/mol. The van der Waals surface area contributed by atoms with E-state index in [1.165, 1.54) is 6.26 Å². The van der Waals surface area contributed by atoms with Gasteiger partial charge in [-0.2, -0.15) is 0 Å². The van der Waals surface area contributed by atoms with Gasteiger partial charge in [-0.3, -0.25) is 0 Å². The van der Waals surface area contributed by atoms with E-state index in [1.54, 1.807) is 14.2 Å². The van der Waals surface area contributed by atoms with Gasteiger partial charge in [0.1, 0.15) is 21.3 Å². The summed E-state index contributed by atoms with van der Waals surface area (Å²) in [5.74, 6) is 1.66. The first-order valence-corrected chi connectivity index (χ1v) is 8.55. The molecule has 0 aliphatic rings. The first kappa shape index (κ1) is 16.8. The van der Waals surface area contributed by atoms with Crippen molar-refractivity contribution >= 4 is 9.84 Å². The highest BCUT2D eigenvalue weighted by Crippen LogP contribution is 2.35. The lowest BCUT2D eigenvalue weighted by atomic mass is 10.00. The molecule has 1 rings (SSSR count). The molecule has 1 aromatic carbocycles. The van der Waals surface area contributed by atoms with E-state index in [4.69, 9.17) is 9.47 Å². The number of ether oxygens (including phenoxy) is 2. The zero-order valence-corrected chi connectivity index (χ0v) is 13.3. The van der Waals surface area contributed by atoms with Gasteiger partial charge in [0, 0.05) is 18.1 Å². The summed E-state index contributed by atoms with van der Waals surface area (Å²) in [6, 6.07) is 5.60. The Morgan fingerprint density at radius 1 is 1.20 bits per heavy atom. The molecule has 0 fully saturated rings. The lowest BCUT2D eigenvalue weighted by Crippen LogP contribution is -2.19. The molecule has 1 N–H and O–H groups in total. The molecule has 0 radical (unpaired) electrons. The molecule has 5 nitrogen and oxygen atoms in total. The average molecular weight is 301 g/mol. The Bertz CT molecular complexity index is 506. The van der Waals surface area contributed by atoms with Gasteiger partial charge in [-0.1, -0.05) is 6.07 Å². The van der Waals surface area contributed by atoms with Gasteiger partial charge in [-0.15, -0.1) is 0 Å². The van der Waals surface area contributed by atoms with Gasteiger partial charge in [0.25, 0.3) is 0 Å². The fourth-order valence-corrected chi connectivity index (χ4v) is 2.90. The second-order valence-electron chi connectivity index (χ2n) is 4.69. The number of rotatable bonds is 8. The lowest BCUT2D eigenvalue weighted by Gasteiger charge is -2.21. The summed E-state index contributed by atoms with van der Waals surface area (Å²) in [5.41, 5.74) is 0.925. The van der Waals surface area contributed by atoms with Crippen LogP contribution in [0.3, 0.4) is 0 Å². The van der Waals surface area contributed by atoms with Crippen molar-refractivity contribution in [2.24, 2.45) is 0 Å². The lowest BCUT2D eigenvalue weighted by molar-refractivity contribution is 0.369. The molecular weight excluding hydrogens is 278 g/mol. The second kappa shape index (κ2) is 7.50. The van der Waals surface area contributed by atoms with E-state index in [2.05, 4.69) is 5.32 Å². The number of nitrogens with one attached hydrogen (secondary N) is 1. The molecule has 0 heterocycles. The highest BCUT2D eigenvalue weighted by atomic mass is 32.2. The molecule has 0 aliphatic carbocycles. The predicted octanol–water partition coefficient (Wildman–Crippen LogP) is 1.79. The molecule has 0 saturated heterocycles. The van der Waals surface area contributed by atoms with E-state index in [-0.39, 0.29) is 11.8 Å². The second-order valence-corrected chi connectivity index (χ2v) is 6.95. The zero-order valence-electron chi connectivity index (χ0n) is 12.5. The molecule has 0 amide bonds. The molecule has 1 atom stereocenters. The quantitative estimate of drug-likeness (QED) is 0.793. The Morgan fingerprint density at radius 2 is 1.75 bits per heavy atom. The summed E-state index contributed by atoms with van der Waals surface area (Å²) >= 11 is 0. The first-order valence-electron chi connectivity index (χ1n) is 6.48. The van der Waals surface area contributed by atoms with Gasteiger partial charge in [0.15, 0.2) is 0 Å². The third-order valence-electron chi connectivity index (χ3n) is 3.17. The van der Waals surface area contributed by atoms with Crippen LogP contribution in [0.25, 0.3) is 0 Å². The number of sulfone groups is 1. The summed E-state index contributed by atoms with van der Waals surface area (Å²) in [4.78, 5) is 0. The zero-order chi connectivity index (χ0) is 15.2. The highest BCUT2D eigenvalue weighted by molar-refractivity contribution is 7.90. The van der Waals surface area contributed by atoms with E-state index < -0.39 is 9.84 Å². The van der Waals surface area contributed by atoms with Crippen molar-refractivity contribution in [2.45, 2.75) is 18.9 Å². The molecule has 1 aromatic rings. The molecule has 0 bridgehead atoms. The maximum Gasteiger partial charge on any atom is 0.147 e. The average Bonchev–Trinajstić information content (AvgIpc) is 2.41. The SMILES string of the molecule is CNC(CCCS(C)(=O)=O)c1c(OC)cccc1OC. The van der Waals surface area contributed by atoms with Crippen molar-refractivity contribution in [3.8, 4) is 11.5 Å². The molecule has 0 aliphatic heterocycles. The highest BCUT2D eigenvalue weighted by Gasteiger charge is 2.19. The molecule has 114 valence electrons.